The molecule has 0 aromatic carbocycles. The Hall–Kier alpha value is -0.520. The van der Waals surface area contributed by atoms with Gasteiger partial charge >= 0.3 is 0 Å². The normalized spacial score (nSPS) is 29.8. The zero-order valence-corrected chi connectivity index (χ0v) is 11.4. The van der Waals surface area contributed by atoms with Gasteiger partial charge in [0.2, 0.25) is 0 Å². The Kier molecular flexibility index (Phi) is 3.91. The summed E-state index contributed by atoms with van der Waals surface area (Å²) in [5.41, 5.74) is 7.55. The van der Waals surface area contributed by atoms with Gasteiger partial charge in [0.05, 0.1) is 24.7 Å². The van der Waals surface area contributed by atoms with Gasteiger partial charge in [-0.25, -0.2) is 4.98 Å². The lowest BCUT2D eigenvalue weighted by atomic mass is 9.97. The highest BCUT2D eigenvalue weighted by Crippen LogP contribution is 2.30. The fourth-order valence-corrected chi connectivity index (χ4v) is 4.11. The number of hydrogen-bond donors (Lipinski definition) is 1. The molecule has 4 nitrogen and oxygen atoms in total. The topological polar surface area (TPSA) is 53.1 Å². The van der Waals surface area contributed by atoms with Crippen molar-refractivity contribution in [1.29, 1.82) is 0 Å². The Bertz CT molecular complexity index is 383. The largest absolute Gasteiger partial charge is 0.381 e. The van der Waals surface area contributed by atoms with E-state index in [0.29, 0.717) is 5.92 Å². The lowest BCUT2D eigenvalue weighted by Gasteiger charge is -2.20. The summed E-state index contributed by atoms with van der Waals surface area (Å²) in [6.45, 7) is 2.71. The van der Waals surface area contributed by atoms with Crippen LogP contribution in [0.2, 0.25) is 0 Å². The molecule has 3 unspecified atom stereocenters. The first-order chi connectivity index (χ1) is 8.84. The van der Waals surface area contributed by atoms with E-state index in [2.05, 4.69) is 21.3 Å². The van der Waals surface area contributed by atoms with Gasteiger partial charge in [0, 0.05) is 30.5 Å². The van der Waals surface area contributed by atoms with E-state index in [1.165, 1.54) is 24.3 Å². The molecular weight excluding hydrogens is 246 g/mol. The van der Waals surface area contributed by atoms with Crippen molar-refractivity contribution >= 4 is 11.8 Å². The van der Waals surface area contributed by atoms with Crippen LogP contribution in [0.25, 0.3) is 0 Å². The van der Waals surface area contributed by atoms with Crippen LogP contribution in [0.1, 0.15) is 31.0 Å². The molecule has 5 heteroatoms. The van der Waals surface area contributed by atoms with Crippen LogP contribution in [0.3, 0.4) is 0 Å². The van der Waals surface area contributed by atoms with E-state index in [4.69, 9.17) is 10.5 Å². The molecule has 100 valence electrons. The van der Waals surface area contributed by atoms with Crippen molar-refractivity contribution in [2.75, 3.05) is 19.0 Å². The number of aromatic nitrogens is 2. The highest BCUT2D eigenvalue weighted by molar-refractivity contribution is 8.00. The number of rotatable bonds is 4. The Labute approximate surface area is 112 Å². The van der Waals surface area contributed by atoms with Gasteiger partial charge in [0.15, 0.2) is 0 Å². The molecule has 2 aliphatic heterocycles. The highest BCUT2D eigenvalue weighted by Gasteiger charge is 2.27. The van der Waals surface area contributed by atoms with Crippen LogP contribution in [0.5, 0.6) is 0 Å². The van der Waals surface area contributed by atoms with Crippen LogP contribution in [-0.2, 0) is 11.3 Å². The summed E-state index contributed by atoms with van der Waals surface area (Å²) in [7, 11) is 0. The van der Waals surface area contributed by atoms with Crippen LogP contribution < -0.4 is 5.73 Å². The molecule has 1 aromatic heterocycles. The van der Waals surface area contributed by atoms with Gasteiger partial charge in [-0.3, -0.25) is 0 Å². The number of ether oxygens (including phenoxy) is 1. The van der Waals surface area contributed by atoms with E-state index in [-0.39, 0.29) is 6.04 Å². The van der Waals surface area contributed by atoms with Crippen molar-refractivity contribution in [3.05, 3.63) is 18.2 Å². The number of imidazole rings is 1. The Morgan fingerprint density at radius 2 is 2.50 bits per heavy atom. The third kappa shape index (κ3) is 2.58. The smallest absolute Gasteiger partial charge is 0.0949 e. The minimum absolute atomic E-state index is 0.0707. The second-order valence-corrected chi connectivity index (χ2v) is 6.66. The SMILES string of the molecule is NC(c1cncn1CC1CCCS1)C1CCOC1. The average molecular weight is 267 g/mol. The molecule has 18 heavy (non-hydrogen) atoms. The standard InChI is InChI=1S/C13H21N3OS/c14-13(10-3-4-17-8-10)12-6-15-9-16(12)7-11-2-1-5-18-11/h6,9-11,13H,1-5,7-8,14H2. The molecule has 2 fully saturated rings. The third-order valence-corrected chi connectivity index (χ3v) is 5.36. The molecule has 0 bridgehead atoms. The fourth-order valence-electron chi connectivity index (χ4n) is 2.85. The van der Waals surface area contributed by atoms with E-state index in [9.17, 15) is 0 Å². The molecule has 2 N–H and O–H groups in total. The average Bonchev–Trinajstić information content (AvgIpc) is 3.12. The first-order valence-electron chi connectivity index (χ1n) is 6.79. The van der Waals surface area contributed by atoms with Crippen molar-refractivity contribution in [1.82, 2.24) is 9.55 Å². The summed E-state index contributed by atoms with van der Waals surface area (Å²) >= 11 is 2.08. The highest BCUT2D eigenvalue weighted by atomic mass is 32.2. The minimum atomic E-state index is 0.0707. The summed E-state index contributed by atoms with van der Waals surface area (Å²) in [6, 6.07) is 0.0707. The maximum atomic E-state index is 6.37. The van der Waals surface area contributed by atoms with Crippen molar-refractivity contribution in [3.8, 4) is 0 Å². The van der Waals surface area contributed by atoms with Crippen LogP contribution in [0.4, 0.5) is 0 Å². The van der Waals surface area contributed by atoms with E-state index in [1.54, 1.807) is 0 Å². The maximum absolute atomic E-state index is 6.37. The van der Waals surface area contributed by atoms with Crippen molar-refractivity contribution in [3.63, 3.8) is 0 Å². The van der Waals surface area contributed by atoms with Gasteiger partial charge in [0.25, 0.3) is 0 Å². The molecule has 0 radical (unpaired) electrons. The molecular formula is C13H21N3OS. The third-order valence-electron chi connectivity index (χ3n) is 3.98. The Morgan fingerprint density at radius 3 is 3.22 bits per heavy atom. The zero-order valence-electron chi connectivity index (χ0n) is 10.6. The van der Waals surface area contributed by atoms with Crippen LogP contribution in [0, 0.1) is 5.92 Å². The summed E-state index contributed by atoms with van der Waals surface area (Å²) in [6.07, 6.45) is 7.61. The van der Waals surface area contributed by atoms with Crippen molar-refractivity contribution in [2.45, 2.75) is 37.1 Å². The first kappa shape index (κ1) is 12.5. The molecule has 1 aromatic rings. The molecule has 0 aliphatic carbocycles. The molecule has 3 heterocycles. The van der Waals surface area contributed by atoms with Gasteiger partial charge in [-0.1, -0.05) is 0 Å². The summed E-state index contributed by atoms with van der Waals surface area (Å²) in [5, 5.41) is 0.741. The lowest BCUT2D eigenvalue weighted by Crippen LogP contribution is -2.25. The Morgan fingerprint density at radius 1 is 1.56 bits per heavy atom. The van der Waals surface area contributed by atoms with E-state index in [0.717, 1.165) is 31.4 Å². The summed E-state index contributed by atoms with van der Waals surface area (Å²) in [4.78, 5) is 4.29. The predicted molar refractivity (Wildman–Crippen MR) is 73.6 cm³/mol. The zero-order chi connectivity index (χ0) is 12.4. The first-order valence-corrected chi connectivity index (χ1v) is 7.84. The van der Waals surface area contributed by atoms with Crippen LogP contribution in [0.15, 0.2) is 12.5 Å². The fraction of sp³-hybridized carbons (Fsp3) is 0.769. The second kappa shape index (κ2) is 5.63. The number of nitrogens with two attached hydrogens (primary N) is 1. The molecule has 2 aliphatic rings. The molecule has 2 saturated heterocycles. The molecule has 3 atom stereocenters. The minimum Gasteiger partial charge on any atom is -0.381 e. The van der Waals surface area contributed by atoms with Crippen molar-refractivity contribution in [2.24, 2.45) is 11.7 Å². The number of nitrogens with zero attached hydrogens (tertiary/aromatic N) is 2. The van der Waals surface area contributed by atoms with Gasteiger partial charge < -0.3 is 15.0 Å². The van der Waals surface area contributed by atoms with Crippen LogP contribution >= 0.6 is 11.8 Å². The van der Waals surface area contributed by atoms with Gasteiger partial charge in [0.1, 0.15) is 0 Å². The number of hydrogen-bond acceptors (Lipinski definition) is 4. The van der Waals surface area contributed by atoms with Gasteiger partial charge in [-0.05, 0) is 25.0 Å². The molecule has 0 saturated carbocycles. The van der Waals surface area contributed by atoms with Gasteiger partial charge in [-0.15, -0.1) is 0 Å². The number of thioether (sulfide) groups is 1. The quantitative estimate of drug-likeness (QED) is 0.904. The van der Waals surface area contributed by atoms with E-state index < -0.39 is 0 Å². The van der Waals surface area contributed by atoms with E-state index in [1.807, 2.05) is 12.5 Å². The Balaban J connectivity index is 1.69. The predicted octanol–water partition coefficient (Wildman–Crippen LogP) is 1.81. The second-order valence-electron chi connectivity index (χ2n) is 5.26. The lowest BCUT2D eigenvalue weighted by molar-refractivity contribution is 0.180. The molecule has 0 amide bonds. The van der Waals surface area contributed by atoms with Crippen LogP contribution in [-0.4, -0.2) is 33.8 Å². The summed E-state index contributed by atoms with van der Waals surface area (Å²) in [5.74, 6) is 1.76. The maximum Gasteiger partial charge on any atom is 0.0949 e. The van der Waals surface area contributed by atoms with Gasteiger partial charge in [-0.2, -0.15) is 11.8 Å². The summed E-state index contributed by atoms with van der Waals surface area (Å²) < 4.78 is 7.69. The van der Waals surface area contributed by atoms with Crippen molar-refractivity contribution < 1.29 is 4.74 Å². The molecule has 3 rings (SSSR count). The molecule has 0 spiro atoms. The monoisotopic (exact) mass is 267 g/mol. The van der Waals surface area contributed by atoms with E-state index >= 15 is 0 Å².